The van der Waals surface area contributed by atoms with Gasteiger partial charge in [0.05, 0.1) is 18.2 Å². The van der Waals surface area contributed by atoms with E-state index in [1.807, 2.05) is 52.8 Å². The Bertz CT molecular complexity index is 731. The summed E-state index contributed by atoms with van der Waals surface area (Å²) < 4.78 is 11.5. The lowest BCUT2D eigenvalue weighted by molar-refractivity contribution is -0.142. The van der Waals surface area contributed by atoms with Crippen molar-refractivity contribution in [2.75, 3.05) is 0 Å². The van der Waals surface area contributed by atoms with Crippen molar-refractivity contribution in [3.05, 3.63) is 47.6 Å². The van der Waals surface area contributed by atoms with Crippen molar-refractivity contribution in [1.82, 2.24) is 5.32 Å². The largest absolute Gasteiger partial charge is 0.455 e. The maximum absolute atomic E-state index is 12.1. The van der Waals surface area contributed by atoms with E-state index in [1.54, 1.807) is 12.2 Å². The van der Waals surface area contributed by atoms with Crippen LogP contribution in [0.15, 0.2) is 47.6 Å². The molecule has 0 aromatic rings. The molecule has 1 N–H and O–H groups in total. The molecule has 0 aromatic carbocycles. The standard InChI is InChI=1S/C25H37NO4/c1-16(2)7-12-24(27)26-22-15-19(5)23(29-20(22)6)11-9-17(3)8-10-21-13-18(4)14-25(28)30-21/h7-10,12,14,16,19-23H,11,13,15H2,1-6H3,(H,26,27)/b10-8+,12-7-,17-9+/t19-,20+,21+,22+,23-/m0/s1. The van der Waals surface area contributed by atoms with Crippen LogP contribution in [0.3, 0.4) is 0 Å². The summed E-state index contributed by atoms with van der Waals surface area (Å²) in [5.74, 6) is 0.383. The second-order valence-electron chi connectivity index (χ2n) is 9.02. The quantitative estimate of drug-likeness (QED) is 0.373. The number of allylic oxidation sites excluding steroid dienone is 3. The zero-order valence-electron chi connectivity index (χ0n) is 19.2. The van der Waals surface area contributed by atoms with Gasteiger partial charge in [-0.3, -0.25) is 4.79 Å². The molecule has 2 rings (SSSR count). The Hall–Kier alpha value is -2.14. The number of hydrogen-bond acceptors (Lipinski definition) is 4. The number of ether oxygens (including phenoxy) is 2. The molecule has 1 saturated heterocycles. The van der Waals surface area contributed by atoms with E-state index in [2.05, 4.69) is 18.3 Å². The monoisotopic (exact) mass is 415 g/mol. The van der Waals surface area contributed by atoms with E-state index >= 15 is 0 Å². The summed E-state index contributed by atoms with van der Waals surface area (Å²) in [6.07, 6.45) is 13.6. The average Bonchev–Trinajstić information content (AvgIpc) is 2.65. The highest BCUT2D eigenvalue weighted by Gasteiger charge is 2.33. The molecule has 30 heavy (non-hydrogen) atoms. The van der Waals surface area contributed by atoms with Gasteiger partial charge in [-0.1, -0.05) is 50.1 Å². The summed E-state index contributed by atoms with van der Waals surface area (Å²) in [4.78, 5) is 23.6. The minimum atomic E-state index is -0.269. The lowest BCUT2D eigenvalue weighted by Crippen LogP contribution is -2.50. The number of hydrogen-bond donors (Lipinski definition) is 1. The van der Waals surface area contributed by atoms with Gasteiger partial charge in [-0.15, -0.1) is 0 Å². The molecule has 2 aliphatic heterocycles. The van der Waals surface area contributed by atoms with Crippen LogP contribution in [0.4, 0.5) is 0 Å². The fraction of sp³-hybridized carbons (Fsp3) is 0.600. The number of nitrogens with one attached hydrogen (secondary N) is 1. The molecule has 5 heteroatoms. The smallest absolute Gasteiger partial charge is 0.331 e. The lowest BCUT2D eigenvalue weighted by atomic mass is 9.88. The zero-order valence-corrected chi connectivity index (χ0v) is 19.2. The summed E-state index contributed by atoms with van der Waals surface area (Å²) in [7, 11) is 0. The molecule has 1 fully saturated rings. The highest BCUT2D eigenvalue weighted by atomic mass is 16.5. The topological polar surface area (TPSA) is 64.6 Å². The maximum Gasteiger partial charge on any atom is 0.331 e. The molecule has 5 atom stereocenters. The van der Waals surface area contributed by atoms with E-state index in [0.717, 1.165) is 30.4 Å². The predicted octanol–water partition coefficient (Wildman–Crippen LogP) is 4.65. The molecule has 5 nitrogen and oxygen atoms in total. The van der Waals surface area contributed by atoms with Gasteiger partial charge in [0.25, 0.3) is 0 Å². The highest BCUT2D eigenvalue weighted by molar-refractivity contribution is 5.87. The Balaban J connectivity index is 1.85. The van der Waals surface area contributed by atoms with Crippen molar-refractivity contribution >= 4 is 11.9 Å². The van der Waals surface area contributed by atoms with Crippen molar-refractivity contribution in [3.63, 3.8) is 0 Å². The van der Waals surface area contributed by atoms with Gasteiger partial charge in [0.1, 0.15) is 6.10 Å². The van der Waals surface area contributed by atoms with Crippen molar-refractivity contribution in [2.45, 2.75) is 85.2 Å². The third-order valence-corrected chi connectivity index (χ3v) is 5.58. The van der Waals surface area contributed by atoms with Gasteiger partial charge in [0, 0.05) is 12.5 Å². The molecule has 0 aromatic heterocycles. The molecule has 0 radical (unpaired) electrons. The second-order valence-corrected chi connectivity index (χ2v) is 9.02. The Morgan fingerprint density at radius 1 is 1.30 bits per heavy atom. The number of amides is 1. The van der Waals surface area contributed by atoms with E-state index in [1.165, 1.54) is 0 Å². The molecule has 1 amide bonds. The third kappa shape index (κ3) is 7.94. The number of carbonyl (C=O) groups excluding carboxylic acids is 2. The predicted molar refractivity (Wildman–Crippen MR) is 120 cm³/mol. The van der Waals surface area contributed by atoms with Crippen LogP contribution in [0.1, 0.15) is 60.8 Å². The Morgan fingerprint density at radius 3 is 2.70 bits per heavy atom. The normalized spacial score (nSPS) is 30.6. The third-order valence-electron chi connectivity index (χ3n) is 5.58. The summed E-state index contributed by atoms with van der Waals surface area (Å²) in [5, 5.41) is 3.08. The fourth-order valence-electron chi connectivity index (χ4n) is 3.76. The van der Waals surface area contributed by atoms with Crippen molar-refractivity contribution < 1.29 is 19.1 Å². The molecule has 0 spiro atoms. The zero-order chi connectivity index (χ0) is 22.3. The van der Waals surface area contributed by atoms with Crippen LogP contribution in [-0.2, 0) is 19.1 Å². The first-order valence-electron chi connectivity index (χ1n) is 11.0. The average molecular weight is 416 g/mol. The molecule has 0 aliphatic carbocycles. The van der Waals surface area contributed by atoms with Crippen LogP contribution < -0.4 is 5.32 Å². The minimum absolute atomic E-state index is 0.0248. The van der Waals surface area contributed by atoms with Gasteiger partial charge in [-0.25, -0.2) is 4.79 Å². The lowest BCUT2D eigenvalue weighted by Gasteiger charge is -2.39. The van der Waals surface area contributed by atoms with Crippen LogP contribution in [0.2, 0.25) is 0 Å². The molecule has 0 bridgehead atoms. The fourth-order valence-corrected chi connectivity index (χ4v) is 3.76. The van der Waals surface area contributed by atoms with Gasteiger partial charge in [-0.2, -0.15) is 0 Å². The van der Waals surface area contributed by atoms with Crippen molar-refractivity contribution in [2.24, 2.45) is 11.8 Å². The second kappa shape index (κ2) is 11.3. The Morgan fingerprint density at radius 2 is 2.03 bits per heavy atom. The minimum Gasteiger partial charge on any atom is -0.455 e. The molecular formula is C25H37NO4. The molecule has 2 aliphatic rings. The van der Waals surface area contributed by atoms with Gasteiger partial charge in [0.15, 0.2) is 0 Å². The van der Waals surface area contributed by atoms with Crippen LogP contribution in [0.25, 0.3) is 0 Å². The number of esters is 1. The molecule has 2 heterocycles. The molecule has 166 valence electrons. The molecule has 0 saturated carbocycles. The Labute approximate surface area is 181 Å². The van der Waals surface area contributed by atoms with Crippen LogP contribution >= 0.6 is 0 Å². The van der Waals surface area contributed by atoms with E-state index in [4.69, 9.17) is 9.47 Å². The van der Waals surface area contributed by atoms with Gasteiger partial charge < -0.3 is 14.8 Å². The number of cyclic esters (lactones) is 1. The Kier molecular flexibility index (Phi) is 9.09. The summed E-state index contributed by atoms with van der Waals surface area (Å²) in [6.45, 7) is 12.3. The van der Waals surface area contributed by atoms with Crippen LogP contribution in [0, 0.1) is 11.8 Å². The van der Waals surface area contributed by atoms with E-state index in [-0.39, 0.29) is 36.2 Å². The summed E-state index contributed by atoms with van der Waals surface area (Å²) in [6, 6.07) is 0.0304. The summed E-state index contributed by atoms with van der Waals surface area (Å²) in [5.41, 5.74) is 2.17. The number of carbonyl (C=O) groups is 2. The van der Waals surface area contributed by atoms with E-state index in [0.29, 0.717) is 11.8 Å². The summed E-state index contributed by atoms with van der Waals surface area (Å²) >= 11 is 0. The molecular weight excluding hydrogens is 378 g/mol. The van der Waals surface area contributed by atoms with Crippen molar-refractivity contribution in [1.29, 1.82) is 0 Å². The maximum atomic E-state index is 12.1. The first kappa shape index (κ1) is 24.1. The SMILES string of the molecule is CC1=CC(=O)O[C@H](/C=C/C(C)=C/C[C@@H]2O[C@H](C)[C@H](NC(=O)/C=C\C(C)C)C[C@@H]2C)C1. The van der Waals surface area contributed by atoms with Crippen molar-refractivity contribution in [3.8, 4) is 0 Å². The van der Waals surface area contributed by atoms with E-state index < -0.39 is 0 Å². The van der Waals surface area contributed by atoms with Gasteiger partial charge in [0.2, 0.25) is 5.91 Å². The van der Waals surface area contributed by atoms with E-state index in [9.17, 15) is 9.59 Å². The van der Waals surface area contributed by atoms with Gasteiger partial charge >= 0.3 is 5.97 Å². The molecule has 0 unspecified atom stereocenters. The van der Waals surface area contributed by atoms with Crippen LogP contribution in [0.5, 0.6) is 0 Å². The first-order valence-corrected chi connectivity index (χ1v) is 11.0. The number of rotatable bonds is 7. The van der Waals surface area contributed by atoms with Crippen LogP contribution in [-0.4, -0.2) is 36.2 Å². The highest BCUT2D eigenvalue weighted by Crippen LogP contribution is 2.28. The van der Waals surface area contributed by atoms with Gasteiger partial charge in [-0.05, 0) is 57.6 Å². The first-order chi connectivity index (χ1) is 14.1.